The summed E-state index contributed by atoms with van der Waals surface area (Å²) in [7, 11) is 3.82. The molecule has 0 heterocycles. The molecule has 2 rings (SSSR count). The number of aliphatic hydroxyl groups excluding tert-OH is 1. The van der Waals surface area contributed by atoms with Gasteiger partial charge in [0.2, 0.25) is 0 Å². The quantitative estimate of drug-likeness (QED) is 0.780. The fourth-order valence-corrected chi connectivity index (χ4v) is 2.39. The smallest absolute Gasteiger partial charge is 0.123 e. The molecular formula is C19H25FN2O2. The summed E-state index contributed by atoms with van der Waals surface area (Å²) in [6, 6.07) is 12.4. The largest absolute Gasteiger partial charge is 0.491 e. The Kier molecular flexibility index (Phi) is 6.58. The summed E-state index contributed by atoms with van der Waals surface area (Å²) in [5, 5.41) is 13.1. The van der Waals surface area contributed by atoms with Crippen LogP contribution in [0.25, 0.3) is 0 Å². The van der Waals surface area contributed by atoms with Crippen LogP contribution in [0.1, 0.15) is 11.1 Å². The number of anilines is 1. The lowest BCUT2D eigenvalue weighted by Crippen LogP contribution is -2.30. The molecule has 0 bridgehead atoms. The Hall–Kier alpha value is -2.11. The van der Waals surface area contributed by atoms with Crippen molar-refractivity contribution >= 4 is 5.69 Å². The zero-order valence-corrected chi connectivity index (χ0v) is 14.4. The maximum atomic E-state index is 13.1. The molecule has 0 saturated heterocycles. The highest BCUT2D eigenvalue weighted by Crippen LogP contribution is 2.18. The van der Waals surface area contributed by atoms with Crippen LogP contribution in [0, 0.1) is 12.7 Å². The Morgan fingerprint density at radius 3 is 2.50 bits per heavy atom. The van der Waals surface area contributed by atoms with Gasteiger partial charge in [0.1, 0.15) is 24.3 Å². The van der Waals surface area contributed by atoms with E-state index in [1.54, 1.807) is 6.07 Å². The Morgan fingerprint density at radius 1 is 1.17 bits per heavy atom. The number of hydrogen-bond acceptors (Lipinski definition) is 4. The van der Waals surface area contributed by atoms with Gasteiger partial charge in [-0.15, -0.1) is 0 Å². The number of ether oxygens (including phenoxy) is 1. The minimum Gasteiger partial charge on any atom is -0.491 e. The van der Waals surface area contributed by atoms with Gasteiger partial charge in [-0.1, -0.05) is 6.07 Å². The van der Waals surface area contributed by atoms with Crippen LogP contribution in [-0.2, 0) is 6.54 Å². The van der Waals surface area contributed by atoms with Crippen LogP contribution in [-0.4, -0.2) is 43.4 Å². The van der Waals surface area contributed by atoms with E-state index in [0.717, 1.165) is 22.6 Å². The molecule has 0 aliphatic carbocycles. The molecule has 0 saturated carbocycles. The molecule has 0 fully saturated rings. The van der Waals surface area contributed by atoms with Crippen molar-refractivity contribution in [3.63, 3.8) is 0 Å². The highest BCUT2D eigenvalue weighted by molar-refractivity contribution is 5.47. The van der Waals surface area contributed by atoms with Crippen LogP contribution in [0.4, 0.5) is 10.1 Å². The molecule has 0 aromatic heterocycles. The lowest BCUT2D eigenvalue weighted by atomic mass is 10.1. The molecule has 24 heavy (non-hydrogen) atoms. The minimum absolute atomic E-state index is 0.214. The van der Waals surface area contributed by atoms with Crippen LogP contribution >= 0.6 is 0 Å². The van der Waals surface area contributed by atoms with Crippen LogP contribution in [0.3, 0.4) is 0 Å². The Balaban J connectivity index is 1.83. The van der Waals surface area contributed by atoms with Gasteiger partial charge in [-0.2, -0.15) is 0 Å². The van der Waals surface area contributed by atoms with Gasteiger partial charge in [0.15, 0.2) is 0 Å². The standard InChI is InChI=1S/C19H25FN2O2/c1-14-10-16(20)5-4-15(14)11-21-17-6-8-19(9-7-17)24-13-18(23)12-22(2)3/h4-10,18,21,23H,11-13H2,1-3H3. The minimum atomic E-state index is -0.515. The summed E-state index contributed by atoms with van der Waals surface area (Å²) < 4.78 is 18.7. The number of aryl methyl sites for hydroxylation is 1. The van der Waals surface area contributed by atoms with Crippen molar-refractivity contribution in [2.45, 2.75) is 19.6 Å². The molecule has 4 nitrogen and oxygen atoms in total. The molecule has 2 aromatic rings. The van der Waals surface area contributed by atoms with Gasteiger partial charge in [-0.25, -0.2) is 4.39 Å². The second-order valence-corrected chi connectivity index (χ2v) is 6.18. The van der Waals surface area contributed by atoms with Gasteiger partial charge in [-0.05, 0) is 68.5 Å². The first kappa shape index (κ1) is 18.2. The number of nitrogens with one attached hydrogen (secondary N) is 1. The zero-order valence-electron chi connectivity index (χ0n) is 14.4. The maximum absolute atomic E-state index is 13.1. The lowest BCUT2D eigenvalue weighted by Gasteiger charge is -2.16. The Labute approximate surface area is 142 Å². The Bertz CT molecular complexity index is 644. The van der Waals surface area contributed by atoms with Crippen molar-refractivity contribution in [2.75, 3.05) is 32.6 Å². The molecule has 1 unspecified atom stereocenters. The second kappa shape index (κ2) is 8.66. The maximum Gasteiger partial charge on any atom is 0.123 e. The lowest BCUT2D eigenvalue weighted by molar-refractivity contribution is 0.0831. The molecule has 0 amide bonds. The molecule has 0 radical (unpaired) electrons. The number of halogens is 1. The van der Waals surface area contributed by atoms with Crippen LogP contribution in [0.5, 0.6) is 5.75 Å². The molecule has 5 heteroatoms. The SMILES string of the molecule is Cc1cc(F)ccc1CNc1ccc(OCC(O)CN(C)C)cc1. The fourth-order valence-electron chi connectivity index (χ4n) is 2.39. The molecule has 2 N–H and O–H groups in total. The van der Waals surface area contributed by atoms with Crippen molar-refractivity contribution in [1.82, 2.24) is 4.90 Å². The summed E-state index contributed by atoms with van der Waals surface area (Å²) in [4.78, 5) is 1.92. The first-order chi connectivity index (χ1) is 11.4. The molecule has 0 aliphatic rings. The molecule has 0 spiro atoms. The topological polar surface area (TPSA) is 44.7 Å². The third kappa shape index (κ3) is 5.83. The highest BCUT2D eigenvalue weighted by atomic mass is 19.1. The van der Waals surface area contributed by atoms with E-state index >= 15 is 0 Å². The summed E-state index contributed by atoms with van der Waals surface area (Å²) in [5.74, 6) is 0.505. The molecule has 1 atom stereocenters. The van der Waals surface area contributed by atoms with Gasteiger partial charge < -0.3 is 20.1 Å². The van der Waals surface area contributed by atoms with Crippen LogP contribution in [0.15, 0.2) is 42.5 Å². The highest BCUT2D eigenvalue weighted by Gasteiger charge is 2.06. The molecule has 0 aliphatic heterocycles. The predicted molar refractivity (Wildman–Crippen MR) is 95.0 cm³/mol. The zero-order chi connectivity index (χ0) is 17.5. The third-order valence-electron chi connectivity index (χ3n) is 3.66. The predicted octanol–water partition coefficient (Wildman–Crippen LogP) is 3.05. The van der Waals surface area contributed by atoms with E-state index in [1.165, 1.54) is 12.1 Å². The van der Waals surface area contributed by atoms with E-state index in [4.69, 9.17) is 4.74 Å². The van der Waals surface area contributed by atoms with E-state index in [0.29, 0.717) is 13.1 Å². The number of likely N-dealkylation sites (N-methyl/N-ethyl adjacent to an activating group) is 1. The van der Waals surface area contributed by atoms with Crippen molar-refractivity contribution in [1.29, 1.82) is 0 Å². The van der Waals surface area contributed by atoms with Gasteiger partial charge in [0, 0.05) is 18.8 Å². The van der Waals surface area contributed by atoms with Crippen LogP contribution < -0.4 is 10.1 Å². The van der Waals surface area contributed by atoms with Gasteiger partial charge in [0.05, 0.1) is 0 Å². The number of aliphatic hydroxyl groups is 1. The van der Waals surface area contributed by atoms with Crippen molar-refractivity contribution < 1.29 is 14.2 Å². The van der Waals surface area contributed by atoms with E-state index in [2.05, 4.69) is 5.32 Å². The van der Waals surface area contributed by atoms with E-state index < -0.39 is 6.10 Å². The summed E-state index contributed by atoms with van der Waals surface area (Å²) in [6.07, 6.45) is -0.515. The second-order valence-electron chi connectivity index (χ2n) is 6.18. The number of rotatable bonds is 8. The summed E-state index contributed by atoms with van der Waals surface area (Å²) >= 11 is 0. The van der Waals surface area contributed by atoms with Crippen molar-refractivity contribution in [3.05, 3.63) is 59.4 Å². The van der Waals surface area contributed by atoms with Crippen LogP contribution in [0.2, 0.25) is 0 Å². The van der Waals surface area contributed by atoms with Crippen molar-refractivity contribution in [3.8, 4) is 5.75 Å². The summed E-state index contributed by atoms with van der Waals surface area (Å²) in [6.45, 7) is 3.36. The first-order valence-electron chi connectivity index (χ1n) is 7.98. The monoisotopic (exact) mass is 332 g/mol. The number of hydrogen-bond donors (Lipinski definition) is 2. The first-order valence-corrected chi connectivity index (χ1v) is 7.98. The molecular weight excluding hydrogens is 307 g/mol. The number of benzene rings is 2. The fraction of sp³-hybridized carbons (Fsp3) is 0.368. The van der Waals surface area contributed by atoms with Gasteiger partial charge in [-0.3, -0.25) is 0 Å². The van der Waals surface area contributed by atoms with Gasteiger partial charge >= 0.3 is 0 Å². The summed E-state index contributed by atoms with van der Waals surface area (Å²) in [5.41, 5.74) is 2.95. The average Bonchev–Trinajstić information content (AvgIpc) is 2.52. The normalized spacial score (nSPS) is 12.2. The van der Waals surface area contributed by atoms with Crippen molar-refractivity contribution in [2.24, 2.45) is 0 Å². The number of nitrogens with zero attached hydrogens (tertiary/aromatic N) is 1. The van der Waals surface area contributed by atoms with E-state index in [1.807, 2.05) is 50.2 Å². The molecule has 2 aromatic carbocycles. The third-order valence-corrected chi connectivity index (χ3v) is 3.66. The average molecular weight is 332 g/mol. The van der Waals surface area contributed by atoms with E-state index in [9.17, 15) is 9.50 Å². The molecule has 130 valence electrons. The van der Waals surface area contributed by atoms with E-state index in [-0.39, 0.29) is 12.4 Å². The Morgan fingerprint density at radius 2 is 1.88 bits per heavy atom. The van der Waals surface area contributed by atoms with Gasteiger partial charge in [0.25, 0.3) is 0 Å².